The van der Waals surface area contributed by atoms with Gasteiger partial charge in [-0.25, -0.2) is 4.98 Å². The van der Waals surface area contributed by atoms with E-state index >= 15 is 0 Å². The van der Waals surface area contributed by atoms with Crippen LogP contribution in [0.25, 0.3) is 16.9 Å². The molecule has 0 saturated carbocycles. The second kappa shape index (κ2) is 7.83. The van der Waals surface area contributed by atoms with Crippen LogP contribution < -0.4 is 0 Å². The molecule has 0 aliphatic carbocycles. The van der Waals surface area contributed by atoms with Crippen molar-refractivity contribution < 1.29 is 4.43 Å². The molecule has 0 saturated heterocycles. The Hall–Kier alpha value is -2.17. The van der Waals surface area contributed by atoms with Crippen LogP contribution >= 0.6 is 0 Å². The molecule has 4 heteroatoms. The molecule has 1 heterocycles. The topological polar surface area (TPSA) is 27.1 Å². The fourth-order valence-electron chi connectivity index (χ4n) is 2.70. The third-order valence-electron chi connectivity index (χ3n) is 5.55. The summed E-state index contributed by atoms with van der Waals surface area (Å²) >= 11 is 0. The zero-order valence-electron chi connectivity index (χ0n) is 17.1. The molecule has 0 amide bonds. The molecule has 0 bridgehead atoms. The van der Waals surface area contributed by atoms with Crippen LogP contribution in [0.4, 0.5) is 0 Å². The third kappa shape index (κ3) is 4.76. The molecule has 142 valence electrons. The molecule has 3 nitrogen and oxygen atoms in total. The number of rotatable bonds is 6. The lowest BCUT2D eigenvalue weighted by atomic mass is 10.1. The first kappa shape index (κ1) is 19.6. The number of imidazole rings is 1. The Morgan fingerprint density at radius 2 is 1.63 bits per heavy atom. The predicted octanol–water partition coefficient (Wildman–Crippen LogP) is 6.10. The maximum atomic E-state index is 6.29. The summed E-state index contributed by atoms with van der Waals surface area (Å²) in [6, 6.07) is 18.9. The molecule has 0 fully saturated rings. The van der Waals surface area contributed by atoms with Crippen molar-refractivity contribution in [2.75, 3.05) is 6.61 Å². The van der Waals surface area contributed by atoms with Gasteiger partial charge in [-0.15, -0.1) is 0 Å². The molecule has 2 aromatic carbocycles. The molecular formula is C23H30N2OSi. The number of benzene rings is 2. The molecule has 0 aliphatic rings. The molecule has 1 aromatic heterocycles. The Morgan fingerprint density at radius 3 is 2.26 bits per heavy atom. The zero-order chi connectivity index (χ0) is 19.5. The maximum Gasteiger partial charge on any atom is 0.191 e. The van der Waals surface area contributed by atoms with Gasteiger partial charge in [0.2, 0.25) is 0 Å². The first-order valence-electron chi connectivity index (χ1n) is 9.59. The van der Waals surface area contributed by atoms with Crippen LogP contribution in [0.3, 0.4) is 0 Å². The number of nitrogens with zero attached hydrogens (tertiary/aromatic N) is 2. The summed E-state index contributed by atoms with van der Waals surface area (Å²) in [5.41, 5.74) is 4.55. The zero-order valence-corrected chi connectivity index (χ0v) is 18.1. The lowest BCUT2D eigenvalue weighted by Crippen LogP contribution is -2.41. The van der Waals surface area contributed by atoms with Crippen molar-refractivity contribution in [3.8, 4) is 16.9 Å². The Kier molecular flexibility index (Phi) is 5.68. The summed E-state index contributed by atoms with van der Waals surface area (Å²) in [5, 5.41) is 0.259. The monoisotopic (exact) mass is 378 g/mol. The second-order valence-electron chi connectivity index (χ2n) is 8.56. The highest BCUT2D eigenvalue weighted by atomic mass is 28.4. The van der Waals surface area contributed by atoms with Crippen LogP contribution in [-0.2, 0) is 10.8 Å². The molecular weight excluding hydrogens is 348 g/mol. The summed E-state index contributed by atoms with van der Waals surface area (Å²) < 4.78 is 8.36. The minimum Gasteiger partial charge on any atom is -0.416 e. The van der Waals surface area contributed by atoms with Gasteiger partial charge in [-0.2, -0.15) is 0 Å². The van der Waals surface area contributed by atoms with Crippen LogP contribution in [0.15, 0.2) is 67.1 Å². The van der Waals surface area contributed by atoms with Gasteiger partial charge >= 0.3 is 0 Å². The van der Waals surface area contributed by atoms with E-state index in [4.69, 9.17) is 4.43 Å². The van der Waals surface area contributed by atoms with E-state index in [1.54, 1.807) is 0 Å². The first-order chi connectivity index (χ1) is 12.8. The maximum absolute atomic E-state index is 6.29. The van der Waals surface area contributed by atoms with Gasteiger partial charge < -0.3 is 8.99 Å². The lowest BCUT2D eigenvalue weighted by molar-refractivity contribution is 0.292. The fraction of sp³-hybridized carbons (Fsp3) is 0.348. The smallest absolute Gasteiger partial charge is 0.191 e. The van der Waals surface area contributed by atoms with E-state index < -0.39 is 8.32 Å². The molecule has 0 radical (unpaired) electrons. The van der Waals surface area contributed by atoms with Crippen LogP contribution in [-0.4, -0.2) is 24.5 Å². The van der Waals surface area contributed by atoms with E-state index in [0.717, 1.165) is 30.0 Å². The van der Waals surface area contributed by atoms with Crippen molar-refractivity contribution in [2.24, 2.45) is 0 Å². The highest BCUT2D eigenvalue weighted by molar-refractivity contribution is 6.74. The Bertz CT molecular complexity index is 861. The Balaban J connectivity index is 1.62. The molecule has 0 spiro atoms. The van der Waals surface area contributed by atoms with E-state index in [1.807, 2.05) is 24.5 Å². The van der Waals surface area contributed by atoms with Gasteiger partial charge in [-0.05, 0) is 42.2 Å². The second-order valence-corrected chi connectivity index (χ2v) is 13.4. The summed E-state index contributed by atoms with van der Waals surface area (Å²) in [6.45, 7) is 12.2. The summed E-state index contributed by atoms with van der Waals surface area (Å²) in [4.78, 5) is 4.53. The predicted molar refractivity (Wildman–Crippen MR) is 116 cm³/mol. The first-order valence-corrected chi connectivity index (χ1v) is 12.5. The molecule has 3 rings (SSSR count). The van der Waals surface area contributed by atoms with Crippen molar-refractivity contribution in [3.05, 3.63) is 72.7 Å². The van der Waals surface area contributed by atoms with Gasteiger partial charge in [-0.1, -0.05) is 63.2 Å². The normalized spacial score (nSPS) is 12.3. The lowest BCUT2D eigenvalue weighted by Gasteiger charge is -2.36. The van der Waals surface area contributed by atoms with Gasteiger partial charge in [0, 0.05) is 24.1 Å². The van der Waals surface area contributed by atoms with E-state index in [1.165, 1.54) is 5.56 Å². The SMILES string of the molecule is CC(C)(C)[Si](C)(C)OCCc1ccc(-n2cnc(-c3ccccc3)c2)cc1. The molecule has 27 heavy (non-hydrogen) atoms. The Morgan fingerprint density at radius 1 is 0.963 bits per heavy atom. The van der Waals surface area contributed by atoms with E-state index in [0.29, 0.717) is 0 Å². The van der Waals surface area contributed by atoms with Crippen molar-refractivity contribution in [2.45, 2.75) is 45.3 Å². The van der Waals surface area contributed by atoms with Gasteiger partial charge in [0.25, 0.3) is 0 Å². The van der Waals surface area contributed by atoms with Crippen molar-refractivity contribution >= 4 is 8.32 Å². The van der Waals surface area contributed by atoms with E-state index in [2.05, 4.69) is 86.0 Å². The van der Waals surface area contributed by atoms with Crippen LogP contribution in [0.1, 0.15) is 26.3 Å². The summed E-state index contributed by atoms with van der Waals surface area (Å²) in [6.07, 6.45) is 4.90. The number of hydrogen-bond acceptors (Lipinski definition) is 2. The molecule has 0 atom stereocenters. The molecule has 0 unspecified atom stereocenters. The third-order valence-corrected chi connectivity index (χ3v) is 10.1. The summed E-state index contributed by atoms with van der Waals surface area (Å²) in [7, 11) is -1.66. The van der Waals surface area contributed by atoms with Crippen LogP contribution in [0.2, 0.25) is 18.1 Å². The van der Waals surface area contributed by atoms with Crippen molar-refractivity contribution in [3.63, 3.8) is 0 Å². The van der Waals surface area contributed by atoms with Crippen molar-refractivity contribution in [1.82, 2.24) is 9.55 Å². The van der Waals surface area contributed by atoms with Gasteiger partial charge in [0.05, 0.1) is 12.0 Å². The Labute approximate surface area is 164 Å². The molecule has 0 aliphatic heterocycles. The minimum atomic E-state index is -1.66. The average molecular weight is 379 g/mol. The van der Waals surface area contributed by atoms with Gasteiger partial charge in [-0.3, -0.25) is 0 Å². The minimum absolute atomic E-state index is 0.259. The average Bonchev–Trinajstić information content (AvgIpc) is 3.12. The highest BCUT2D eigenvalue weighted by Crippen LogP contribution is 2.36. The van der Waals surface area contributed by atoms with E-state index in [9.17, 15) is 0 Å². The number of hydrogen-bond donors (Lipinski definition) is 0. The standard InChI is InChI=1S/C23H30N2OSi/c1-23(2,3)27(4,5)26-16-15-19-11-13-21(14-12-19)25-17-22(24-18-25)20-9-7-6-8-10-20/h6-14,17-18H,15-16H2,1-5H3. The van der Waals surface area contributed by atoms with E-state index in [-0.39, 0.29) is 5.04 Å². The summed E-state index contributed by atoms with van der Waals surface area (Å²) in [5.74, 6) is 0. The quantitative estimate of drug-likeness (QED) is 0.484. The van der Waals surface area contributed by atoms with Gasteiger partial charge in [0.15, 0.2) is 8.32 Å². The van der Waals surface area contributed by atoms with Crippen molar-refractivity contribution in [1.29, 1.82) is 0 Å². The van der Waals surface area contributed by atoms with Gasteiger partial charge in [0.1, 0.15) is 0 Å². The fourth-order valence-corrected chi connectivity index (χ4v) is 3.74. The molecule has 0 N–H and O–H groups in total. The highest BCUT2D eigenvalue weighted by Gasteiger charge is 2.36. The molecule has 3 aromatic rings. The van der Waals surface area contributed by atoms with Crippen LogP contribution in [0.5, 0.6) is 0 Å². The largest absolute Gasteiger partial charge is 0.416 e. The number of aromatic nitrogens is 2. The van der Waals surface area contributed by atoms with Crippen LogP contribution in [0, 0.1) is 0 Å².